The summed E-state index contributed by atoms with van der Waals surface area (Å²) in [5.74, 6) is 1.79. The first-order valence-electron chi connectivity index (χ1n) is 7.14. The van der Waals surface area contributed by atoms with Crippen LogP contribution in [0.2, 0.25) is 0 Å². The number of amides is 1. The Bertz CT molecular complexity index is 470. The van der Waals surface area contributed by atoms with Gasteiger partial charge in [0.1, 0.15) is 11.6 Å². The summed E-state index contributed by atoms with van der Waals surface area (Å²) in [5, 5.41) is 0. The summed E-state index contributed by atoms with van der Waals surface area (Å²) >= 11 is 0. The zero-order valence-electron chi connectivity index (χ0n) is 12.4. The maximum absolute atomic E-state index is 11.7. The Labute approximate surface area is 119 Å². The van der Waals surface area contributed by atoms with Crippen LogP contribution in [0.5, 0.6) is 0 Å². The quantitative estimate of drug-likeness (QED) is 0.841. The highest BCUT2D eigenvalue weighted by Gasteiger charge is 2.23. The smallest absolute Gasteiger partial charge is 0.409 e. The summed E-state index contributed by atoms with van der Waals surface area (Å²) < 4.78 is 5.03. The third kappa shape index (κ3) is 3.18. The molecule has 1 aromatic heterocycles. The van der Waals surface area contributed by atoms with Crippen LogP contribution in [0.4, 0.5) is 10.6 Å². The van der Waals surface area contributed by atoms with Gasteiger partial charge in [-0.1, -0.05) is 6.92 Å². The molecule has 0 unspecified atom stereocenters. The number of anilines is 1. The molecule has 0 saturated carbocycles. The first-order chi connectivity index (χ1) is 9.65. The van der Waals surface area contributed by atoms with Gasteiger partial charge in [-0.15, -0.1) is 0 Å². The molecule has 0 aromatic carbocycles. The van der Waals surface area contributed by atoms with Crippen LogP contribution in [-0.2, 0) is 11.2 Å². The molecule has 1 amide bonds. The van der Waals surface area contributed by atoms with E-state index in [1.54, 1.807) is 4.90 Å². The third-order valence-electron chi connectivity index (χ3n) is 3.45. The van der Waals surface area contributed by atoms with E-state index in [2.05, 4.69) is 21.8 Å². The van der Waals surface area contributed by atoms with Gasteiger partial charge in [0, 0.05) is 37.9 Å². The Hall–Kier alpha value is -1.85. The van der Waals surface area contributed by atoms with E-state index >= 15 is 0 Å². The third-order valence-corrected chi connectivity index (χ3v) is 3.45. The fourth-order valence-corrected chi connectivity index (χ4v) is 2.32. The number of piperazine rings is 1. The molecule has 1 aromatic rings. The van der Waals surface area contributed by atoms with Crippen molar-refractivity contribution in [2.75, 3.05) is 37.7 Å². The lowest BCUT2D eigenvalue weighted by atomic mass is 10.2. The lowest BCUT2D eigenvalue weighted by molar-refractivity contribution is 0.105. The van der Waals surface area contributed by atoms with Crippen LogP contribution in [0.15, 0.2) is 6.20 Å². The lowest BCUT2D eigenvalue weighted by Gasteiger charge is -2.35. The van der Waals surface area contributed by atoms with Gasteiger partial charge in [-0.05, 0) is 20.3 Å². The minimum absolute atomic E-state index is 0.221. The minimum atomic E-state index is -0.221. The number of hydrogen-bond acceptors (Lipinski definition) is 5. The van der Waals surface area contributed by atoms with Gasteiger partial charge < -0.3 is 14.5 Å². The van der Waals surface area contributed by atoms with E-state index in [1.807, 2.05) is 20.0 Å². The van der Waals surface area contributed by atoms with E-state index in [0.29, 0.717) is 19.7 Å². The summed E-state index contributed by atoms with van der Waals surface area (Å²) in [6.45, 7) is 9.15. The number of aryl methyl sites for hydroxylation is 2. The van der Waals surface area contributed by atoms with Gasteiger partial charge in [-0.25, -0.2) is 14.8 Å². The van der Waals surface area contributed by atoms with Gasteiger partial charge in [0.15, 0.2) is 0 Å². The van der Waals surface area contributed by atoms with Crippen LogP contribution in [0.3, 0.4) is 0 Å². The van der Waals surface area contributed by atoms with Crippen molar-refractivity contribution in [3.63, 3.8) is 0 Å². The highest BCUT2D eigenvalue weighted by atomic mass is 16.6. The molecule has 0 bridgehead atoms. The summed E-state index contributed by atoms with van der Waals surface area (Å²) in [6, 6.07) is 0. The monoisotopic (exact) mass is 278 g/mol. The topological polar surface area (TPSA) is 58.6 Å². The van der Waals surface area contributed by atoms with Crippen LogP contribution in [0, 0.1) is 6.92 Å². The Kier molecular flexibility index (Phi) is 4.76. The van der Waals surface area contributed by atoms with Crippen LogP contribution < -0.4 is 4.90 Å². The Morgan fingerprint density at radius 2 is 2.00 bits per heavy atom. The molecule has 0 aliphatic carbocycles. The molecule has 2 heterocycles. The van der Waals surface area contributed by atoms with Gasteiger partial charge in [0.2, 0.25) is 0 Å². The number of rotatable bonds is 3. The molecule has 0 N–H and O–H groups in total. The minimum Gasteiger partial charge on any atom is -0.450 e. The van der Waals surface area contributed by atoms with Gasteiger partial charge in [0.25, 0.3) is 0 Å². The summed E-state index contributed by atoms with van der Waals surface area (Å²) in [6.07, 6.45) is 2.59. The second-order valence-electron chi connectivity index (χ2n) is 4.79. The maximum atomic E-state index is 11.7. The summed E-state index contributed by atoms with van der Waals surface area (Å²) in [7, 11) is 0. The SMILES string of the molecule is CCOC(=O)N1CCN(c2nc(C)ncc2CC)CC1. The average molecular weight is 278 g/mol. The highest BCUT2D eigenvalue weighted by Crippen LogP contribution is 2.19. The molecular weight excluding hydrogens is 256 g/mol. The fourth-order valence-electron chi connectivity index (χ4n) is 2.32. The predicted molar refractivity (Wildman–Crippen MR) is 77.0 cm³/mol. The molecule has 2 rings (SSSR count). The Morgan fingerprint density at radius 3 is 2.60 bits per heavy atom. The van der Waals surface area contributed by atoms with E-state index in [9.17, 15) is 4.79 Å². The van der Waals surface area contributed by atoms with Crippen molar-refractivity contribution in [3.05, 3.63) is 17.6 Å². The van der Waals surface area contributed by atoms with E-state index < -0.39 is 0 Å². The number of hydrogen-bond donors (Lipinski definition) is 0. The molecule has 110 valence electrons. The van der Waals surface area contributed by atoms with Gasteiger partial charge >= 0.3 is 6.09 Å². The van der Waals surface area contributed by atoms with Crippen molar-refractivity contribution in [2.45, 2.75) is 27.2 Å². The first kappa shape index (κ1) is 14.6. The fraction of sp³-hybridized carbons (Fsp3) is 0.643. The normalized spacial score (nSPS) is 15.3. The zero-order chi connectivity index (χ0) is 14.5. The van der Waals surface area contributed by atoms with E-state index in [-0.39, 0.29) is 6.09 Å². The molecule has 6 heteroatoms. The van der Waals surface area contributed by atoms with Crippen LogP contribution in [-0.4, -0.2) is 53.7 Å². The maximum Gasteiger partial charge on any atom is 0.409 e. The molecule has 0 radical (unpaired) electrons. The van der Waals surface area contributed by atoms with Crippen LogP contribution in [0.25, 0.3) is 0 Å². The molecule has 20 heavy (non-hydrogen) atoms. The van der Waals surface area contributed by atoms with Crippen molar-refractivity contribution in [1.82, 2.24) is 14.9 Å². The molecule has 6 nitrogen and oxygen atoms in total. The number of carbonyl (C=O) groups is 1. The van der Waals surface area contributed by atoms with E-state index in [4.69, 9.17) is 4.74 Å². The second-order valence-corrected chi connectivity index (χ2v) is 4.79. The summed E-state index contributed by atoms with van der Waals surface area (Å²) in [4.78, 5) is 24.5. The Morgan fingerprint density at radius 1 is 1.30 bits per heavy atom. The van der Waals surface area contributed by atoms with Crippen molar-refractivity contribution in [1.29, 1.82) is 0 Å². The largest absolute Gasteiger partial charge is 0.450 e. The number of carbonyl (C=O) groups excluding carboxylic acids is 1. The molecule has 1 aliphatic heterocycles. The van der Waals surface area contributed by atoms with Crippen molar-refractivity contribution in [3.8, 4) is 0 Å². The van der Waals surface area contributed by atoms with Gasteiger partial charge in [-0.2, -0.15) is 0 Å². The van der Waals surface area contributed by atoms with Crippen molar-refractivity contribution >= 4 is 11.9 Å². The average Bonchev–Trinajstić information content (AvgIpc) is 2.47. The predicted octanol–water partition coefficient (Wildman–Crippen LogP) is 1.63. The van der Waals surface area contributed by atoms with Crippen LogP contribution in [0.1, 0.15) is 25.2 Å². The highest BCUT2D eigenvalue weighted by molar-refractivity contribution is 5.68. The summed E-state index contributed by atoms with van der Waals surface area (Å²) in [5.41, 5.74) is 1.15. The van der Waals surface area contributed by atoms with E-state index in [0.717, 1.165) is 36.7 Å². The lowest BCUT2D eigenvalue weighted by Crippen LogP contribution is -2.49. The molecule has 1 fully saturated rings. The van der Waals surface area contributed by atoms with Crippen LogP contribution >= 0.6 is 0 Å². The number of aromatic nitrogens is 2. The first-order valence-corrected chi connectivity index (χ1v) is 7.14. The molecular formula is C14H22N4O2. The second kappa shape index (κ2) is 6.54. The van der Waals surface area contributed by atoms with E-state index in [1.165, 1.54) is 0 Å². The Balaban J connectivity index is 2.03. The van der Waals surface area contributed by atoms with Crippen molar-refractivity contribution in [2.24, 2.45) is 0 Å². The molecule has 0 atom stereocenters. The molecule has 1 saturated heterocycles. The molecule has 1 aliphatic rings. The van der Waals surface area contributed by atoms with Gasteiger partial charge in [-0.3, -0.25) is 0 Å². The number of nitrogens with zero attached hydrogens (tertiary/aromatic N) is 4. The van der Waals surface area contributed by atoms with Crippen molar-refractivity contribution < 1.29 is 9.53 Å². The number of ether oxygens (including phenoxy) is 1. The van der Waals surface area contributed by atoms with Gasteiger partial charge in [0.05, 0.1) is 6.61 Å². The molecule has 0 spiro atoms. The standard InChI is InChI=1S/C14H22N4O2/c1-4-12-10-15-11(3)16-13(12)17-6-8-18(9-7-17)14(19)20-5-2/h10H,4-9H2,1-3H3. The zero-order valence-corrected chi connectivity index (χ0v) is 12.4.